The summed E-state index contributed by atoms with van der Waals surface area (Å²) in [6, 6.07) is 13.5. The van der Waals surface area contributed by atoms with Gasteiger partial charge >= 0.3 is 0 Å². The summed E-state index contributed by atoms with van der Waals surface area (Å²) in [5, 5.41) is 10.8. The van der Waals surface area contributed by atoms with Crippen molar-refractivity contribution in [1.82, 2.24) is 9.38 Å². The minimum Gasteiger partial charge on any atom is -0.493 e. The quantitative estimate of drug-likeness (QED) is 0.586. The average Bonchev–Trinajstić information content (AvgIpc) is 3.04. The number of fused-ring (bicyclic) bond motifs is 3. The molecule has 2 aromatic heterocycles. The number of anilines is 1. The molecule has 2 aromatic carbocycles. The Morgan fingerprint density at radius 2 is 1.71 bits per heavy atom. The summed E-state index contributed by atoms with van der Waals surface area (Å²) < 4.78 is 18.1. The van der Waals surface area contributed by atoms with Crippen molar-refractivity contribution in [3.8, 4) is 34.4 Å². The molecule has 2 heterocycles. The number of nitrogens with zero attached hydrogens (tertiary/aromatic N) is 3. The van der Waals surface area contributed by atoms with Crippen LogP contribution in [0.5, 0.6) is 17.2 Å². The van der Waals surface area contributed by atoms with Crippen molar-refractivity contribution >= 4 is 22.4 Å². The Balaban J connectivity index is 2.13. The van der Waals surface area contributed by atoms with Gasteiger partial charge < -0.3 is 19.9 Å². The molecule has 0 aliphatic rings. The van der Waals surface area contributed by atoms with Gasteiger partial charge in [-0.1, -0.05) is 18.2 Å². The predicted molar refractivity (Wildman–Crippen MR) is 107 cm³/mol. The van der Waals surface area contributed by atoms with E-state index >= 15 is 0 Å². The number of aromatic nitrogens is 2. The van der Waals surface area contributed by atoms with Gasteiger partial charge in [-0.25, -0.2) is 4.98 Å². The third-order valence-electron chi connectivity index (χ3n) is 4.75. The van der Waals surface area contributed by atoms with Gasteiger partial charge in [0.15, 0.2) is 11.5 Å². The van der Waals surface area contributed by atoms with Gasteiger partial charge in [-0.3, -0.25) is 4.40 Å². The lowest BCUT2D eigenvalue weighted by atomic mass is 10.0. The molecule has 0 saturated carbocycles. The van der Waals surface area contributed by atoms with Gasteiger partial charge in [0.05, 0.1) is 26.8 Å². The second-order valence-electron chi connectivity index (χ2n) is 6.14. The molecule has 0 aliphatic carbocycles. The first-order chi connectivity index (χ1) is 13.6. The van der Waals surface area contributed by atoms with Gasteiger partial charge in [0.1, 0.15) is 23.1 Å². The van der Waals surface area contributed by atoms with E-state index in [4.69, 9.17) is 19.9 Å². The molecular formula is C21H18N4O3. The second kappa shape index (κ2) is 6.67. The van der Waals surface area contributed by atoms with Gasteiger partial charge in [-0.15, -0.1) is 0 Å². The Kier molecular flexibility index (Phi) is 4.17. The van der Waals surface area contributed by atoms with Crippen LogP contribution in [-0.2, 0) is 0 Å². The van der Waals surface area contributed by atoms with Crippen LogP contribution in [0.25, 0.3) is 27.7 Å². The van der Waals surface area contributed by atoms with Crippen molar-refractivity contribution in [2.24, 2.45) is 0 Å². The van der Waals surface area contributed by atoms with Crippen molar-refractivity contribution in [3.05, 3.63) is 48.2 Å². The van der Waals surface area contributed by atoms with Crippen LogP contribution >= 0.6 is 0 Å². The topological polar surface area (TPSA) is 94.8 Å². The SMILES string of the molecule is COc1cc(-c2c(C#N)c(N)n3c2ncc2ccccc23)cc(OC)c1OC. The highest BCUT2D eigenvalue weighted by Crippen LogP contribution is 2.44. The van der Waals surface area contributed by atoms with E-state index in [-0.39, 0.29) is 0 Å². The van der Waals surface area contributed by atoms with E-state index in [9.17, 15) is 5.26 Å². The number of nitrogen functional groups attached to an aromatic ring is 1. The number of para-hydroxylation sites is 1. The van der Waals surface area contributed by atoms with Crippen molar-refractivity contribution in [2.45, 2.75) is 0 Å². The van der Waals surface area contributed by atoms with Crippen LogP contribution in [0.4, 0.5) is 5.82 Å². The lowest BCUT2D eigenvalue weighted by Gasteiger charge is -2.14. The summed E-state index contributed by atoms with van der Waals surface area (Å²) in [7, 11) is 4.63. The number of ether oxygens (including phenoxy) is 3. The van der Waals surface area contributed by atoms with Crippen LogP contribution in [0, 0.1) is 11.3 Å². The normalized spacial score (nSPS) is 10.8. The molecule has 0 saturated heterocycles. The maximum absolute atomic E-state index is 9.83. The van der Waals surface area contributed by atoms with Crippen molar-refractivity contribution in [2.75, 3.05) is 27.1 Å². The fourth-order valence-electron chi connectivity index (χ4n) is 3.49. The Morgan fingerprint density at radius 3 is 2.32 bits per heavy atom. The van der Waals surface area contributed by atoms with E-state index in [0.29, 0.717) is 45.4 Å². The van der Waals surface area contributed by atoms with Gasteiger partial charge in [0.25, 0.3) is 0 Å². The molecule has 0 radical (unpaired) electrons. The molecule has 4 rings (SSSR count). The molecule has 140 valence electrons. The van der Waals surface area contributed by atoms with E-state index in [0.717, 1.165) is 10.9 Å². The van der Waals surface area contributed by atoms with Gasteiger partial charge in [-0.05, 0) is 23.8 Å². The molecule has 4 aromatic rings. The third kappa shape index (κ3) is 2.39. The molecule has 0 unspecified atom stereocenters. The Morgan fingerprint density at radius 1 is 1.04 bits per heavy atom. The number of benzene rings is 2. The number of hydrogen-bond donors (Lipinski definition) is 1. The third-order valence-corrected chi connectivity index (χ3v) is 4.75. The lowest BCUT2D eigenvalue weighted by molar-refractivity contribution is 0.324. The Labute approximate surface area is 161 Å². The average molecular weight is 374 g/mol. The zero-order chi connectivity index (χ0) is 19.8. The fourth-order valence-corrected chi connectivity index (χ4v) is 3.49. The standard InChI is InChI=1S/C21H18N4O3/c1-26-16-8-13(9-17(27-2)19(16)28-3)18-14(10-22)20(23)25-15-7-5-4-6-12(15)11-24-21(18)25/h4-9,11H,23H2,1-3H3. The van der Waals surface area contributed by atoms with E-state index in [1.807, 2.05) is 24.3 Å². The monoisotopic (exact) mass is 374 g/mol. The second-order valence-corrected chi connectivity index (χ2v) is 6.14. The first-order valence-corrected chi connectivity index (χ1v) is 8.52. The summed E-state index contributed by atoms with van der Waals surface area (Å²) in [5.41, 5.74) is 9.48. The zero-order valence-electron chi connectivity index (χ0n) is 15.7. The number of nitrogens with two attached hydrogens (primary N) is 1. The number of nitriles is 1. The molecule has 0 atom stereocenters. The molecular weight excluding hydrogens is 356 g/mol. The molecule has 0 fully saturated rings. The highest BCUT2D eigenvalue weighted by molar-refractivity contribution is 5.95. The van der Waals surface area contributed by atoms with Crippen LogP contribution in [0.1, 0.15) is 5.56 Å². The van der Waals surface area contributed by atoms with Gasteiger partial charge in [0, 0.05) is 17.1 Å². The predicted octanol–water partition coefficient (Wildman–Crippen LogP) is 3.63. The zero-order valence-corrected chi connectivity index (χ0v) is 15.7. The summed E-state index contributed by atoms with van der Waals surface area (Å²) in [6.07, 6.45) is 1.77. The molecule has 7 nitrogen and oxygen atoms in total. The van der Waals surface area contributed by atoms with E-state index in [1.165, 1.54) is 0 Å². The largest absolute Gasteiger partial charge is 0.493 e. The summed E-state index contributed by atoms with van der Waals surface area (Å²) >= 11 is 0. The first-order valence-electron chi connectivity index (χ1n) is 8.52. The Hall–Kier alpha value is -3.92. The highest BCUT2D eigenvalue weighted by Gasteiger charge is 2.23. The van der Waals surface area contributed by atoms with Crippen LogP contribution in [0.2, 0.25) is 0 Å². The van der Waals surface area contributed by atoms with Crippen LogP contribution in [0.3, 0.4) is 0 Å². The number of hydrogen-bond acceptors (Lipinski definition) is 6. The molecule has 7 heteroatoms. The van der Waals surface area contributed by atoms with E-state index < -0.39 is 0 Å². The maximum atomic E-state index is 9.83. The molecule has 0 amide bonds. The molecule has 0 spiro atoms. The van der Waals surface area contributed by atoms with E-state index in [2.05, 4.69) is 11.1 Å². The van der Waals surface area contributed by atoms with Crippen molar-refractivity contribution in [1.29, 1.82) is 5.26 Å². The van der Waals surface area contributed by atoms with Crippen LogP contribution < -0.4 is 19.9 Å². The lowest BCUT2D eigenvalue weighted by Crippen LogP contribution is -1.97. The Bertz CT molecular complexity index is 1230. The molecule has 2 N–H and O–H groups in total. The smallest absolute Gasteiger partial charge is 0.203 e. The van der Waals surface area contributed by atoms with Crippen LogP contribution in [0.15, 0.2) is 42.6 Å². The summed E-state index contributed by atoms with van der Waals surface area (Å²) in [6.45, 7) is 0. The van der Waals surface area contributed by atoms with Crippen molar-refractivity contribution in [3.63, 3.8) is 0 Å². The fraction of sp³-hybridized carbons (Fsp3) is 0.143. The van der Waals surface area contributed by atoms with Crippen LogP contribution in [-0.4, -0.2) is 30.7 Å². The minimum absolute atomic E-state index is 0.338. The maximum Gasteiger partial charge on any atom is 0.203 e. The highest BCUT2D eigenvalue weighted by atomic mass is 16.5. The van der Waals surface area contributed by atoms with Gasteiger partial charge in [0.2, 0.25) is 5.75 Å². The molecule has 28 heavy (non-hydrogen) atoms. The summed E-state index contributed by atoms with van der Waals surface area (Å²) in [4.78, 5) is 4.59. The molecule has 0 aliphatic heterocycles. The number of rotatable bonds is 4. The minimum atomic E-state index is 0.338. The number of methoxy groups -OCH3 is 3. The van der Waals surface area contributed by atoms with E-state index in [1.54, 1.807) is 44.1 Å². The van der Waals surface area contributed by atoms with Crippen molar-refractivity contribution < 1.29 is 14.2 Å². The molecule has 0 bridgehead atoms. The first kappa shape index (κ1) is 17.5. The van der Waals surface area contributed by atoms with Gasteiger partial charge in [-0.2, -0.15) is 5.26 Å². The summed E-state index contributed by atoms with van der Waals surface area (Å²) in [5.74, 6) is 1.78.